The predicted octanol–water partition coefficient (Wildman–Crippen LogP) is 6.03. The number of nitrogens with one attached hydrogen (secondary N) is 1. The van der Waals surface area contributed by atoms with Crippen LogP contribution in [0.4, 0.5) is 0 Å². The predicted molar refractivity (Wildman–Crippen MR) is 158 cm³/mol. The topological polar surface area (TPSA) is 95.0 Å². The molecule has 0 saturated carbocycles. The lowest BCUT2D eigenvalue weighted by Gasteiger charge is -2.33. The molecule has 9 heteroatoms. The average molecular weight is 586 g/mol. The molecule has 1 aromatic heterocycles. The molecular weight excluding hydrogens is 551 g/mol. The molecule has 0 bridgehead atoms. The van der Waals surface area contributed by atoms with Gasteiger partial charge in [-0.1, -0.05) is 42.3 Å². The van der Waals surface area contributed by atoms with E-state index in [1.807, 2.05) is 61.5 Å². The van der Waals surface area contributed by atoms with Crippen LogP contribution in [0.2, 0.25) is 10.0 Å². The molecule has 5 rings (SSSR count). The van der Waals surface area contributed by atoms with Crippen LogP contribution in [0.5, 0.6) is 11.5 Å². The Balaban J connectivity index is 0.000000350. The van der Waals surface area contributed by atoms with E-state index in [2.05, 4.69) is 4.98 Å². The molecule has 3 N–H and O–H groups in total. The van der Waals surface area contributed by atoms with Crippen molar-refractivity contribution in [1.29, 1.82) is 0 Å². The van der Waals surface area contributed by atoms with Crippen molar-refractivity contribution in [3.05, 3.63) is 93.6 Å². The van der Waals surface area contributed by atoms with E-state index >= 15 is 0 Å². The van der Waals surface area contributed by atoms with E-state index in [4.69, 9.17) is 32.7 Å². The fourth-order valence-corrected chi connectivity index (χ4v) is 5.07. The second-order valence-corrected chi connectivity index (χ2v) is 10.8. The number of hydrogen-bond donors (Lipinski definition) is 3. The van der Waals surface area contributed by atoms with E-state index in [0.29, 0.717) is 23.7 Å². The number of rotatable bonds is 9. The molecule has 212 valence electrons. The van der Waals surface area contributed by atoms with Crippen molar-refractivity contribution >= 4 is 40.5 Å². The number of benzene rings is 3. The van der Waals surface area contributed by atoms with Crippen molar-refractivity contribution in [2.45, 2.75) is 25.8 Å². The third-order valence-electron chi connectivity index (χ3n) is 7.47. The number of H-pyrrole nitrogens is 1. The number of halogens is 2. The molecule has 2 heterocycles. The first-order valence-corrected chi connectivity index (χ1v) is 13.9. The van der Waals surface area contributed by atoms with Crippen molar-refractivity contribution in [3.63, 3.8) is 0 Å². The number of carbonyl (C=O) groups is 1. The zero-order valence-electron chi connectivity index (χ0n) is 22.6. The fourth-order valence-electron chi connectivity index (χ4n) is 4.77. The Morgan fingerprint density at radius 2 is 1.65 bits per heavy atom. The van der Waals surface area contributed by atoms with Crippen LogP contribution in [-0.4, -0.2) is 60.0 Å². The summed E-state index contributed by atoms with van der Waals surface area (Å²) in [5.41, 5.74) is 3.53. The normalized spacial score (nSPS) is 14.8. The number of aliphatic hydroxyl groups is 2. The third kappa shape index (κ3) is 6.56. The Hall–Kier alpha value is -3.23. The monoisotopic (exact) mass is 584 g/mol. The molecule has 0 aliphatic carbocycles. The maximum Gasteiger partial charge on any atom is 0.210 e. The molecule has 0 spiro atoms. The van der Waals surface area contributed by atoms with Gasteiger partial charge in [-0.2, -0.15) is 0 Å². The van der Waals surface area contributed by atoms with Gasteiger partial charge in [0.2, 0.25) is 6.41 Å². The van der Waals surface area contributed by atoms with Crippen LogP contribution in [0, 0.1) is 5.41 Å². The van der Waals surface area contributed by atoms with Gasteiger partial charge in [-0.15, -0.1) is 0 Å². The lowest BCUT2D eigenvalue weighted by Crippen LogP contribution is -2.35. The number of amides is 1. The molecule has 1 aliphatic rings. The summed E-state index contributed by atoms with van der Waals surface area (Å²) in [6.07, 6.45) is 2.28. The summed E-state index contributed by atoms with van der Waals surface area (Å²) in [5, 5.41) is 21.7. The van der Waals surface area contributed by atoms with Crippen molar-refractivity contribution in [2.24, 2.45) is 5.41 Å². The highest BCUT2D eigenvalue weighted by molar-refractivity contribution is 6.31. The van der Waals surface area contributed by atoms with Crippen molar-refractivity contribution in [2.75, 3.05) is 33.5 Å². The number of aromatic nitrogens is 1. The van der Waals surface area contributed by atoms with Crippen LogP contribution in [0.3, 0.4) is 0 Å². The van der Waals surface area contributed by atoms with Gasteiger partial charge < -0.3 is 29.6 Å². The van der Waals surface area contributed by atoms with Crippen LogP contribution in [0.25, 0.3) is 10.9 Å². The van der Waals surface area contributed by atoms with Gasteiger partial charge in [-0.05, 0) is 78.6 Å². The minimum Gasteiger partial charge on any atom is -0.497 e. The van der Waals surface area contributed by atoms with Gasteiger partial charge in [-0.25, -0.2) is 0 Å². The lowest BCUT2D eigenvalue weighted by atomic mass is 9.88. The largest absolute Gasteiger partial charge is 0.497 e. The number of methoxy groups -OCH3 is 1. The second kappa shape index (κ2) is 13.4. The quantitative estimate of drug-likeness (QED) is 0.209. The summed E-state index contributed by atoms with van der Waals surface area (Å²) in [7, 11) is 1.63. The minimum absolute atomic E-state index is 0.137. The van der Waals surface area contributed by atoms with Gasteiger partial charge in [0.25, 0.3) is 0 Å². The summed E-state index contributed by atoms with van der Waals surface area (Å²) < 4.78 is 10.8. The van der Waals surface area contributed by atoms with E-state index in [0.717, 1.165) is 45.8 Å². The van der Waals surface area contributed by atoms with Crippen LogP contribution < -0.4 is 9.47 Å². The first-order chi connectivity index (χ1) is 19.4. The Bertz CT molecular complexity index is 1390. The van der Waals surface area contributed by atoms with E-state index in [-0.39, 0.29) is 25.9 Å². The van der Waals surface area contributed by atoms with Crippen LogP contribution >= 0.6 is 23.2 Å². The molecule has 1 atom stereocenters. The van der Waals surface area contributed by atoms with Crippen molar-refractivity contribution < 1.29 is 24.5 Å². The molecule has 7 nitrogen and oxygen atoms in total. The number of carbonyl (C=O) groups excluding carboxylic acids is 1. The Morgan fingerprint density at radius 3 is 2.25 bits per heavy atom. The van der Waals surface area contributed by atoms with Crippen molar-refractivity contribution in [1.82, 2.24) is 9.88 Å². The van der Waals surface area contributed by atoms with Crippen molar-refractivity contribution in [3.8, 4) is 11.5 Å². The summed E-state index contributed by atoms with van der Waals surface area (Å²) in [6, 6.07) is 20.4. The maximum atomic E-state index is 11.8. The fraction of sp³-hybridized carbons (Fsp3) is 0.323. The Morgan fingerprint density at radius 1 is 1.00 bits per heavy atom. The van der Waals surface area contributed by atoms with E-state index in [1.165, 1.54) is 5.56 Å². The summed E-state index contributed by atoms with van der Waals surface area (Å²) in [4.78, 5) is 17.1. The van der Waals surface area contributed by atoms with Gasteiger partial charge in [0.05, 0.1) is 38.4 Å². The maximum absolute atomic E-state index is 11.8. The van der Waals surface area contributed by atoms with Gasteiger partial charge >= 0.3 is 0 Å². The first kappa shape index (κ1) is 29.7. The van der Waals surface area contributed by atoms with Crippen LogP contribution in [0.15, 0.2) is 66.7 Å². The van der Waals surface area contributed by atoms with Gasteiger partial charge in [0.1, 0.15) is 11.5 Å². The van der Waals surface area contributed by atoms with E-state index in [9.17, 15) is 15.0 Å². The number of ether oxygens (including phenoxy) is 2. The molecule has 0 radical (unpaired) electrons. The highest BCUT2D eigenvalue weighted by atomic mass is 35.5. The van der Waals surface area contributed by atoms with Gasteiger partial charge in [-0.3, -0.25) is 4.79 Å². The minimum atomic E-state index is -0.656. The summed E-state index contributed by atoms with van der Waals surface area (Å²) >= 11 is 11.8. The van der Waals surface area contributed by atoms with E-state index < -0.39 is 5.41 Å². The molecule has 3 aromatic carbocycles. The molecular formula is C31H34Cl2N2O5. The van der Waals surface area contributed by atoms with E-state index in [1.54, 1.807) is 24.1 Å². The molecule has 1 aliphatic heterocycles. The molecule has 1 amide bonds. The number of aliphatic hydroxyl groups excluding tert-OH is 2. The smallest absolute Gasteiger partial charge is 0.210 e. The summed E-state index contributed by atoms with van der Waals surface area (Å²) in [5.74, 6) is 1.49. The van der Waals surface area contributed by atoms with Gasteiger partial charge in [0, 0.05) is 33.2 Å². The van der Waals surface area contributed by atoms with Crippen LogP contribution in [-0.2, 0) is 11.2 Å². The Labute approximate surface area is 244 Å². The molecule has 40 heavy (non-hydrogen) atoms. The molecule has 4 aromatic rings. The lowest BCUT2D eigenvalue weighted by molar-refractivity contribution is -0.120. The number of nitrogens with zero attached hydrogens (tertiary/aromatic N) is 1. The zero-order valence-corrected chi connectivity index (χ0v) is 24.1. The highest BCUT2D eigenvalue weighted by Gasteiger charge is 2.31. The number of aromatic amines is 1. The van der Waals surface area contributed by atoms with Crippen LogP contribution in [0.1, 0.15) is 36.2 Å². The summed E-state index contributed by atoms with van der Waals surface area (Å²) in [6.45, 7) is 2.50. The third-order valence-corrected chi connectivity index (χ3v) is 7.96. The Kier molecular flexibility index (Phi) is 9.98. The zero-order chi connectivity index (χ0) is 28.7. The molecule has 0 saturated heterocycles. The number of hydrogen-bond acceptors (Lipinski definition) is 5. The second-order valence-electron chi connectivity index (χ2n) is 9.89. The van der Waals surface area contributed by atoms with Gasteiger partial charge in [0.15, 0.2) is 0 Å². The standard InChI is InChI=1S/C24H27ClN2O4.C7H7ClO/c1-2-24(12-28,13-29)14-31-18-6-3-16(4-7-18)23-22-19(9-10-27(23)15-30)20-11-17(25)5-8-21(20)26-22;1-9-7-4-2-6(8)3-5-7/h3-8,11,15,23,26,28-29H,2,9-10,12-14H2,1H3;2-5H,1H3/t23-;/m0./s1. The number of fused-ring (bicyclic) bond motifs is 3. The average Bonchev–Trinajstić information content (AvgIpc) is 3.36. The molecule has 0 fully saturated rings. The first-order valence-electron chi connectivity index (χ1n) is 13.1. The SMILES string of the molecule is CCC(CO)(CO)COc1ccc([C@H]2c3[nH]c4ccc(Cl)cc4c3CCN2C=O)cc1.COc1ccc(Cl)cc1. The molecule has 0 unspecified atom stereocenters. The highest BCUT2D eigenvalue weighted by Crippen LogP contribution is 2.39.